The highest BCUT2D eigenvalue weighted by atomic mass is 15.1. The second-order valence-corrected chi connectivity index (χ2v) is 20.8. The SMILES string of the molecule is CCCCN(CCCC)c1ccc([C+](c2ccc(N(CCCC)CCCC)cc2)c2ccccc2-c2ccccc2[C+](c2ccc(N(CCCC)CCCC)cc2)c2ccc(N(CCCC)CCCC)cc2)cc1. The van der Waals surface area contributed by atoms with Crippen LogP contribution in [-0.4, -0.2) is 52.4 Å². The fraction of sp³-hybridized carbons (Fsp3) is 0.457. The Balaban J connectivity index is 1.52. The maximum absolute atomic E-state index is 2.61. The maximum atomic E-state index is 2.61. The van der Waals surface area contributed by atoms with Crippen LogP contribution in [0.3, 0.4) is 0 Å². The van der Waals surface area contributed by atoms with Crippen molar-refractivity contribution in [3.63, 3.8) is 0 Å². The van der Waals surface area contributed by atoms with Gasteiger partial charge in [-0.1, -0.05) is 107 Å². The van der Waals surface area contributed by atoms with E-state index >= 15 is 0 Å². The summed E-state index contributed by atoms with van der Waals surface area (Å²) in [6, 6.07) is 56.7. The first-order valence-electron chi connectivity index (χ1n) is 29.8. The van der Waals surface area contributed by atoms with Crippen LogP contribution in [-0.2, 0) is 0 Å². The Morgan fingerprint density at radius 1 is 0.243 bits per heavy atom. The molecule has 0 bridgehead atoms. The standard InChI is InChI=1S/C70H96N4/c1-9-17-49-71(50-18-10-2)61-41-33-57(34-42-61)69(58-35-43-62(44-36-58)72(51-19-11-3)52-20-12-4)67-31-27-25-29-65(67)66-30-26-28-32-68(66)70(59-37-45-63(46-38-59)73(53-21-13-5)54-22-14-6)60-39-47-64(48-40-60)74(55-23-15-7)56-24-16-8/h25-48H,9-24,49-56H2,1-8H3/q+2. The lowest BCUT2D eigenvalue weighted by atomic mass is 9.77. The van der Waals surface area contributed by atoms with Gasteiger partial charge in [-0.25, -0.2) is 0 Å². The summed E-state index contributed by atoms with van der Waals surface area (Å²) >= 11 is 0. The van der Waals surface area contributed by atoms with Gasteiger partial charge in [0.25, 0.3) is 0 Å². The molecular weight excluding hydrogens is 897 g/mol. The normalized spacial score (nSPS) is 11.2. The number of nitrogens with zero attached hydrogens (tertiary/aromatic N) is 4. The van der Waals surface area contributed by atoms with Crippen LogP contribution >= 0.6 is 0 Å². The maximum Gasteiger partial charge on any atom is 0.0674 e. The van der Waals surface area contributed by atoms with Gasteiger partial charge in [0, 0.05) is 75.1 Å². The molecule has 4 heteroatoms. The minimum atomic E-state index is 1.09. The third-order valence-corrected chi connectivity index (χ3v) is 15.0. The van der Waals surface area contributed by atoms with Crippen LogP contribution in [0.2, 0.25) is 0 Å². The van der Waals surface area contributed by atoms with Crippen molar-refractivity contribution in [2.75, 3.05) is 72.0 Å². The Hall–Kier alpha value is -5.74. The Morgan fingerprint density at radius 3 is 0.622 bits per heavy atom. The van der Waals surface area contributed by atoms with Crippen molar-refractivity contribution in [2.24, 2.45) is 0 Å². The van der Waals surface area contributed by atoms with Crippen molar-refractivity contribution in [1.29, 1.82) is 0 Å². The van der Waals surface area contributed by atoms with E-state index < -0.39 is 0 Å². The molecule has 6 aromatic carbocycles. The zero-order valence-electron chi connectivity index (χ0n) is 47.6. The molecule has 0 saturated heterocycles. The van der Waals surface area contributed by atoms with Crippen LogP contribution in [0.25, 0.3) is 11.1 Å². The van der Waals surface area contributed by atoms with E-state index in [1.54, 1.807) is 0 Å². The predicted molar refractivity (Wildman–Crippen MR) is 327 cm³/mol. The lowest BCUT2D eigenvalue weighted by molar-refractivity contribution is 0.678. The third-order valence-electron chi connectivity index (χ3n) is 15.0. The van der Waals surface area contributed by atoms with Crippen molar-refractivity contribution < 1.29 is 0 Å². The smallest absolute Gasteiger partial charge is 0.0674 e. The molecule has 0 aliphatic carbocycles. The summed E-state index contributed by atoms with van der Waals surface area (Å²) in [7, 11) is 0. The molecule has 0 heterocycles. The van der Waals surface area contributed by atoms with E-state index in [9.17, 15) is 0 Å². The quantitative estimate of drug-likeness (QED) is 0.0291. The first-order chi connectivity index (χ1) is 36.4. The number of rotatable bonds is 35. The molecule has 394 valence electrons. The zero-order chi connectivity index (χ0) is 52.3. The van der Waals surface area contributed by atoms with Crippen molar-refractivity contribution in [3.8, 4) is 11.1 Å². The van der Waals surface area contributed by atoms with E-state index in [0.29, 0.717) is 0 Å². The Labute approximate surface area is 452 Å². The average Bonchev–Trinajstić information content (AvgIpc) is 3.45. The van der Waals surface area contributed by atoms with E-state index in [-0.39, 0.29) is 0 Å². The largest absolute Gasteiger partial charge is 0.371 e. The molecule has 0 amide bonds. The minimum Gasteiger partial charge on any atom is -0.371 e. The van der Waals surface area contributed by atoms with Crippen LogP contribution in [0.15, 0.2) is 146 Å². The Kier molecular flexibility index (Phi) is 24.8. The second kappa shape index (κ2) is 31.9. The molecule has 0 spiro atoms. The van der Waals surface area contributed by atoms with Gasteiger partial charge in [-0.3, -0.25) is 0 Å². The first-order valence-corrected chi connectivity index (χ1v) is 29.8. The number of anilines is 4. The van der Waals surface area contributed by atoms with E-state index in [1.165, 1.54) is 182 Å². The molecule has 0 aliphatic heterocycles. The van der Waals surface area contributed by atoms with E-state index in [2.05, 4.69) is 221 Å². The first kappa shape index (κ1) is 57.5. The van der Waals surface area contributed by atoms with Gasteiger partial charge >= 0.3 is 0 Å². The summed E-state index contributed by atoms with van der Waals surface area (Å²) in [5.41, 5.74) is 15.2. The molecule has 6 aromatic rings. The highest BCUT2D eigenvalue weighted by Gasteiger charge is 2.32. The highest BCUT2D eigenvalue weighted by molar-refractivity contribution is 5.81. The van der Waals surface area contributed by atoms with Gasteiger partial charge in [-0.05, 0) is 197 Å². The predicted octanol–water partition coefficient (Wildman–Crippen LogP) is 19.0. The second-order valence-electron chi connectivity index (χ2n) is 20.8. The lowest BCUT2D eigenvalue weighted by Gasteiger charge is -2.26. The van der Waals surface area contributed by atoms with Crippen LogP contribution in [0.1, 0.15) is 192 Å². The molecule has 0 saturated carbocycles. The van der Waals surface area contributed by atoms with Gasteiger partial charge < -0.3 is 19.6 Å². The monoisotopic (exact) mass is 993 g/mol. The molecule has 0 fully saturated rings. The molecule has 4 nitrogen and oxygen atoms in total. The zero-order valence-corrected chi connectivity index (χ0v) is 47.6. The van der Waals surface area contributed by atoms with Crippen molar-refractivity contribution >= 4 is 22.7 Å². The van der Waals surface area contributed by atoms with Crippen molar-refractivity contribution in [2.45, 2.75) is 158 Å². The van der Waals surface area contributed by atoms with Crippen LogP contribution in [0, 0.1) is 11.8 Å². The molecule has 74 heavy (non-hydrogen) atoms. The van der Waals surface area contributed by atoms with Crippen LogP contribution in [0.5, 0.6) is 0 Å². The summed E-state index contributed by atoms with van der Waals surface area (Å²) in [5.74, 6) is 2.54. The molecule has 0 unspecified atom stereocenters. The molecule has 6 rings (SSSR count). The fourth-order valence-electron chi connectivity index (χ4n) is 10.5. The van der Waals surface area contributed by atoms with Gasteiger partial charge in [0.05, 0.1) is 56.3 Å². The number of hydrogen-bond acceptors (Lipinski definition) is 4. The van der Waals surface area contributed by atoms with Crippen molar-refractivity contribution in [3.05, 3.63) is 191 Å². The highest BCUT2D eigenvalue weighted by Crippen LogP contribution is 2.44. The van der Waals surface area contributed by atoms with Gasteiger partial charge in [0.15, 0.2) is 0 Å². The van der Waals surface area contributed by atoms with E-state index in [1.807, 2.05) is 0 Å². The van der Waals surface area contributed by atoms with Crippen molar-refractivity contribution in [1.82, 2.24) is 0 Å². The average molecular weight is 994 g/mol. The van der Waals surface area contributed by atoms with E-state index in [0.717, 1.165) is 52.4 Å². The number of benzene rings is 6. The summed E-state index contributed by atoms with van der Waals surface area (Å²) in [6.07, 6.45) is 19.2. The number of hydrogen-bond donors (Lipinski definition) is 0. The molecular formula is C70H96N4+2. The van der Waals surface area contributed by atoms with Gasteiger partial charge in [-0.15, -0.1) is 0 Å². The molecule has 0 aromatic heterocycles. The Bertz CT molecular complexity index is 2090. The van der Waals surface area contributed by atoms with Gasteiger partial charge in [-0.2, -0.15) is 0 Å². The fourth-order valence-corrected chi connectivity index (χ4v) is 10.5. The third kappa shape index (κ3) is 16.1. The summed E-state index contributed by atoms with van der Waals surface area (Å²) in [4.78, 5) is 10.4. The van der Waals surface area contributed by atoms with Gasteiger partial charge in [0.2, 0.25) is 0 Å². The molecule has 0 aliphatic rings. The summed E-state index contributed by atoms with van der Waals surface area (Å²) < 4.78 is 0. The minimum absolute atomic E-state index is 1.09. The molecule has 0 atom stereocenters. The Morgan fingerprint density at radius 2 is 0.432 bits per heavy atom. The van der Waals surface area contributed by atoms with Gasteiger partial charge in [0.1, 0.15) is 0 Å². The summed E-state index contributed by atoms with van der Waals surface area (Å²) in [6.45, 7) is 27.2. The topological polar surface area (TPSA) is 13.0 Å². The van der Waals surface area contributed by atoms with Crippen LogP contribution < -0.4 is 19.6 Å². The molecule has 0 N–H and O–H groups in total. The van der Waals surface area contributed by atoms with Crippen LogP contribution in [0.4, 0.5) is 22.7 Å². The summed E-state index contributed by atoms with van der Waals surface area (Å²) in [5, 5.41) is 0. The number of unbranched alkanes of at least 4 members (excludes halogenated alkanes) is 8. The molecule has 0 radical (unpaired) electrons. The van der Waals surface area contributed by atoms with E-state index in [4.69, 9.17) is 0 Å². The lowest BCUT2D eigenvalue weighted by Crippen LogP contribution is -2.25.